The largest absolute Gasteiger partial charge is 0.331 e. The Balaban J connectivity index is 1.71. The van der Waals surface area contributed by atoms with E-state index in [1.54, 1.807) is 42.5 Å². The van der Waals surface area contributed by atoms with Crippen LogP contribution < -0.4 is 4.90 Å². The number of nitro groups is 1. The van der Waals surface area contributed by atoms with Crippen LogP contribution in [0.5, 0.6) is 0 Å². The van der Waals surface area contributed by atoms with E-state index in [9.17, 15) is 19.3 Å². The lowest BCUT2D eigenvalue weighted by Gasteiger charge is -2.37. The molecule has 7 nitrogen and oxygen atoms in total. The summed E-state index contributed by atoms with van der Waals surface area (Å²) in [7, 11) is 0. The highest BCUT2D eigenvalue weighted by Crippen LogP contribution is 2.47. The number of amides is 1. The number of carbonyl (C=O) groups excluding carboxylic acids is 1. The summed E-state index contributed by atoms with van der Waals surface area (Å²) in [5, 5.41) is 11.3. The van der Waals surface area contributed by atoms with Crippen LogP contribution in [-0.4, -0.2) is 29.6 Å². The SMILES string of the molecule is CC1([N+](=O)[O-])COC2(OC1)C(=O)N(Cc1ccccc1F)c1ccccc12. The molecule has 1 spiro atoms. The predicted octanol–water partition coefficient (Wildman–Crippen LogP) is 2.61. The van der Waals surface area contributed by atoms with Gasteiger partial charge in [0.1, 0.15) is 19.0 Å². The van der Waals surface area contributed by atoms with Crippen LogP contribution in [0.4, 0.5) is 10.1 Å². The maximum absolute atomic E-state index is 14.1. The summed E-state index contributed by atoms with van der Waals surface area (Å²) in [6, 6.07) is 13.1. The van der Waals surface area contributed by atoms with Crippen molar-refractivity contribution in [2.45, 2.75) is 24.8 Å². The van der Waals surface area contributed by atoms with Crippen molar-refractivity contribution in [3.05, 3.63) is 75.6 Å². The predicted molar refractivity (Wildman–Crippen MR) is 93.0 cm³/mol. The van der Waals surface area contributed by atoms with E-state index in [-0.39, 0.29) is 19.8 Å². The van der Waals surface area contributed by atoms with Gasteiger partial charge in [-0.25, -0.2) is 4.39 Å². The van der Waals surface area contributed by atoms with Crippen LogP contribution in [0.25, 0.3) is 0 Å². The summed E-state index contributed by atoms with van der Waals surface area (Å²) in [5.41, 5.74) is -0.0739. The molecule has 140 valence electrons. The highest BCUT2D eigenvalue weighted by atomic mass is 19.1. The first kappa shape index (κ1) is 17.6. The molecule has 2 aliphatic heterocycles. The zero-order chi connectivity index (χ0) is 19.2. The lowest BCUT2D eigenvalue weighted by Crippen LogP contribution is -2.57. The lowest BCUT2D eigenvalue weighted by atomic mass is 10.0. The third-order valence-electron chi connectivity index (χ3n) is 4.98. The van der Waals surface area contributed by atoms with Crippen LogP contribution in [0.3, 0.4) is 0 Å². The molecule has 0 aliphatic carbocycles. The third kappa shape index (κ3) is 2.60. The first-order valence-electron chi connectivity index (χ1n) is 8.45. The van der Waals surface area contributed by atoms with Crippen molar-refractivity contribution in [2.75, 3.05) is 18.1 Å². The van der Waals surface area contributed by atoms with Crippen molar-refractivity contribution in [1.29, 1.82) is 0 Å². The van der Waals surface area contributed by atoms with E-state index >= 15 is 0 Å². The van der Waals surface area contributed by atoms with Gasteiger partial charge in [-0.1, -0.05) is 36.4 Å². The maximum Gasteiger partial charge on any atom is 0.292 e. The van der Waals surface area contributed by atoms with Crippen molar-refractivity contribution in [2.24, 2.45) is 0 Å². The number of carbonyl (C=O) groups is 1. The Morgan fingerprint density at radius 2 is 1.78 bits per heavy atom. The van der Waals surface area contributed by atoms with Crippen LogP contribution >= 0.6 is 0 Å². The van der Waals surface area contributed by atoms with Crippen molar-refractivity contribution in [3.8, 4) is 0 Å². The van der Waals surface area contributed by atoms with Crippen LogP contribution in [0.2, 0.25) is 0 Å². The monoisotopic (exact) mass is 372 g/mol. The second kappa shape index (κ2) is 6.11. The van der Waals surface area contributed by atoms with Gasteiger partial charge in [-0.05, 0) is 12.1 Å². The van der Waals surface area contributed by atoms with E-state index in [1.807, 2.05) is 0 Å². The van der Waals surface area contributed by atoms with Crippen LogP contribution in [0, 0.1) is 15.9 Å². The summed E-state index contributed by atoms with van der Waals surface area (Å²) in [6.07, 6.45) is 0. The fourth-order valence-electron chi connectivity index (χ4n) is 3.33. The lowest BCUT2D eigenvalue weighted by molar-refractivity contribution is -0.590. The number of rotatable bonds is 3. The summed E-state index contributed by atoms with van der Waals surface area (Å²) < 4.78 is 25.5. The number of anilines is 1. The molecule has 0 N–H and O–H groups in total. The molecule has 2 heterocycles. The van der Waals surface area contributed by atoms with Gasteiger partial charge in [0.25, 0.3) is 17.2 Å². The van der Waals surface area contributed by atoms with Crippen molar-refractivity contribution in [1.82, 2.24) is 0 Å². The van der Waals surface area contributed by atoms with E-state index in [0.29, 0.717) is 16.8 Å². The second-order valence-corrected chi connectivity index (χ2v) is 6.95. The number of fused-ring (bicyclic) bond motifs is 2. The van der Waals surface area contributed by atoms with E-state index in [4.69, 9.17) is 9.47 Å². The topological polar surface area (TPSA) is 81.9 Å². The molecule has 1 saturated heterocycles. The standard InChI is InChI=1S/C19H17FN2O5/c1-18(22(24)25)11-26-19(27-12-18)14-7-3-5-9-16(14)21(17(19)23)10-13-6-2-4-8-15(13)20/h2-9H,10-12H2,1H3. The van der Waals surface area contributed by atoms with Gasteiger partial charge >= 0.3 is 0 Å². The Labute approximate surface area is 154 Å². The molecular weight excluding hydrogens is 355 g/mol. The van der Waals surface area contributed by atoms with Crippen molar-refractivity contribution < 1.29 is 23.6 Å². The average molecular weight is 372 g/mol. The Morgan fingerprint density at radius 3 is 2.44 bits per heavy atom. The molecule has 0 radical (unpaired) electrons. The normalized spacial score (nSPS) is 27.0. The summed E-state index contributed by atoms with van der Waals surface area (Å²) >= 11 is 0. The van der Waals surface area contributed by atoms with Gasteiger partial charge in [0.15, 0.2) is 0 Å². The third-order valence-corrected chi connectivity index (χ3v) is 4.98. The summed E-state index contributed by atoms with van der Waals surface area (Å²) in [5.74, 6) is -2.68. The van der Waals surface area contributed by atoms with E-state index < -0.39 is 28.0 Å². The molecule has 8 heteroatoms. The van der Waals surface area contributed by atoms with Gasteiger partial charge in [-0.3, -0.25) is 14.9 Å². The molecule has 4 rings (SSSR count). The van der Waals surface area contributed by atoms with Crippen LogP contribution in [0.15, 0.2) is 48.5 Å². The number of halogens is 1. The quantitative estimate of drug-likeness (QED) is 0.611. The summed E-state index contributed by atoms with van der Waals surface area (Å²) in [4.78, 5) is 25.4. The number of ether oxygens (including phenoxy) is 2. The molecule has 0 unspecified atom stereocenters. The van der Waals surface area contributed by atoms with E-state index in [0.717, 1.165) is 0 Å². The average Bonchev–Trinajstić information content (AvgIpc) is 2.89. The van der Waals surface area contributed by atoms with Gasteiger partial charge in [-0.2, -0.15) is 0 Å². The molecule has 1 amide bonds. The number of benzene rings is 2. The Bertz CT molecular complexity index is 924. The summed E-state index contributed by atoms with van der Waals surface area (Å²) in [6.45, 7) is 0.868. The number of nitrogens with zero attached hydrogens (tertiary/aromatic N) is 2. The maximum atomic E-state index is 14.1. The molecule has 0 bridgehead atoms. The fraction of sp³-hybridized carbons (Fsp3) is 0.316. The number of para-hydroxylation sites is 1. The highest BCUT2D eigenvalue weighted by Gasteiger charge is 2.60. The minimum absolute atomic E-state index is 0.00347. The van der Waals surface area contributed by atoms with E-state index in [1.165, 1.54) is 17.9 Å². The van der Waals surface area contributed by atoms with E-state index in [2.05, 4.69) is 0 Å². The fourth-order valence-corrected chi connectivity index (χ4v) is 3.33. The van der Waals surface area contributed by atoms with Crippen molar-refractivity contribution in [3.63, 3.8) is 0 Å². The highest BCUT2D eigenvalue weighted by molar-refractivity contribution is 6.06. The Morgan fingerprint density at radius 1 is 1.15 bits per heavy atom. The molecule has 2 aromatic carbocycles. The van der Waals surface area contributed by atoms with Gasteiger partial charge in [0.05, 0.1) is 12.2 Å². The second-order valence-electron chi connectivity index (χ2n) is 6.95. The van der Waals surface area contributed by atoms with Crippen LogP contribution in [-0.2, 0) is 26.6 Å². The first-order chi connectivity index (χ1) is 12.9. The molecule has 2 aromatic rings. The van der Waals surface area contributed by atoms with Gasteiger partial charge in [-0.15, -0.1) is 0 Å². The minimum Gasteiger partial charge on any atom is -0.331 e. The Hall–Kier alpha value is -2.84. The molecule has 1 fully saturated rings. The first-order valence-corrected chi connectivity index (χ1v) is 8.45. The molecule has 0 atom stereocenters. The molecule has 0 aromatic heterocycles. The number of hydrogen-bond acceptors (Lipinski definition) is 5. The van der Waals surface area contributed by atoms with Crippen LogP contribution in [0.1, 0.15) is 18.1 Å². The molecular formula is C19H17FN2O5. The zero-order valence-corrected chi connectivity index (χ0v) is 14.6. The smallest absolute Gasteiger partial charge is 0.292 e. The van der Waals surface area contributed by atoms with Crippen molar-refractivity contribution >= 4 is 11.6 Å². The Kier molecular flexibility index (Phi) is 3.97. The molecule has 27 heavy (non-hydrogen) atoms. The van der Waals surface area contributed by atoms with Gasteiger partial charge in [0.2, 0.25) is 0 Å². The number of hydrogen-bond donors (Lipinski definition) is 0. The minimum atomic E-state index is -1.74. The molecule has 2 aliphatic rings. The van der Waals surface area contributed by atoms with Gasteiger partial charge < -0.3 is 14.4 Å². The molecule has 0 saturated carbocycles. The van der Waals surface area contributed by atoms with Gasteiger partial charge in [0, 0.05) is 23.0 Å². The zero-order valence-electron chi connectivity index (χ0n) is 14.6.